The molecule has 25 heavy (non-hydrogen) atoms. The lowest BCUT2D eigenvalue weighted by atomic mass is 9.93. The van der Waals surface area contributed by atoms with Gasteiger partial charge in [-0.05, 0) is 60.6 Å². The van der Waals surface area contributed by atoms with Crippen molar-refractivity contribution in [2.24, 2.45) is 0 Å². The van der Waals surface area contributed by atoms with E-state index in [1.54, 1.807) is 0 Å². The van der Waals surface area contributed by atoms with E-state index in [0.717, 1.165) is 0 Å². The molecule has 0 fully saturated rings. The molecule has 0 aliphatic carbocycles. The summed E-state index contributed by atoms with van der Waals surface area (Å²) < 4.78 is 1.36. The van der Waals surface area contributed by atoms with Crippen LogP contribution in [0.5, 0.6) is 0 Å². The monoisotopic (exact) mass is 334 g/mol. The van der Waals surface area contributed by atoms with E-state index in [2.05, 4.69) is 84.2 Å². The van der Waals surface area contributed by atoms with Crippen LogP contribution in [-0.4, -0.2) is 0 Å². The molecule has 0 bridgehead atoms. The summed E-state index contributed by atoms with van der Waals surface area (Å²) in [6, 6.07) is 29.1. The van der Waals surface area contributed by atoms with Crippen LogP contribution in [0, 0.1) is 0 Å². The number of thiophene rings is 1. The maximum Gasteiger partial charge on any atom is 0.0349 e. The normalized spacial score (nSPS) is 12.0. The summed E-state index contributed by atoms with van der Waals surface area (Å²) in [7, 11) is 0. The fourth-order valence-corrected chi connectivity index (χ4v) is 4.98. The first kappa shape index (κ1) is 13.4. The smallest absolute Gasteiger partial charge is 0.0349 e. The van der Waals surface area contributed by atoms with Crippen LogP contribution in [0.15, 0.2) is 84.2 Å². The van der Waals surface area contributed by atoms with Crippen molar-refractivity contribution in [2.75, 3.05) is 0 Å². The average molecular weight is 334 g/mol. The second kappa shape index (κ2) is 4.81. The number of hydrogen-bond donors (Lipinski definition) is 0. The SMILES string of the molecule is c1ccc2c(c1)ccc1c2ccc2c1ccc1ccc3sccc3c12. The number of fused-ring (bicyclic) bond motifs is 9. The third kappa shape index (κ3) is 1.76. The van der Waals surface area contributed by atoms with Gasteiger partial charge in [-0.3, -0.25) is 0 Å². The summed E-state index contributed by atoms with van der Waals surface area (Å²) in [5, 5.41) is 14.3. The van der Waals surface area contributed by atoms with Gasteiger partial charge in [0.25, 0.3) is 0 Å². The highest BCUT2D eigenvalue weighted by molar-refractivity contribution is 7.17. The van der Waals surface area contributed by atoms with Crippen molar-refractivity contribution < 1.29 is 0 Å². The lowest BCUT2D eigenvalue weighted by Gasteiger charge is -2.10. The molecule has 6 aromatic rings. The zero-order chi connectivity index (χ0) is 16.4. The van der Waals surface area contributed by atoms with E-state index in [-0.39, 0.29) is 0 Å². The molecule has 0 spiro atoms. The second-order valence-corrected chi connectivity index (χ2v) is 7.55. The fourth-order valence-electron chi connectivity index (χ4n) is 4.18. The molecule has 0 saturated heterocycles. The third-order valence-electron chi connectivity index (χ3n) is 5.33. The molecular weight excluding hydrogens is 320 g/mol. The Morgan fingerprint density at radius 2 is 1.12 bits per heavy atom. The molecule has 0 radical (unpaired) electrons. The number of hydrogen-bond acceptors (Lipinski definition) is 1. The molecule has 0 aliphatic rings. The topological polar surface area (TPSA) is 0 Å². The van der Waals surface area contributed by atoms with E-state index in [4.69, 9.17) is 0 Å². The first-order chi connectivity index (χ1) is 12.4. The van der Waals surface area contributed by atoms with E-state index in [0.29, 0.717) is 0 Å². The van der Waals surface area contributed by atoms with E-state index in [1.165, 1.54) is 53.2 Å². The van der Waals surface area contributed by atoms with Crippen molar-refractivity contribution in [3.05, 3.63) is 84.2 Å². The molecule has 116 valence electrons. The van der Waals surface area contributed by atoms with Gasteiger partial charge in [0.05, 0.1) is 0 Å². The van der Waals surface area contributed by atoms with Crippen LogP contribution in [0.1, 0.15) is 0 Å². The van der Waals surface area contributed by atoms with Gasteiger partial charge >= 0.3 is 0 Å². The largest absolute Gasteiger partial charge is 0.144 e. The molecule has 6 rings (SSSR count). The van der Waals surface area contributed by atoms with Crippen molar-refractivity contribution in [3.63, 3.8) is 0 Å². The minimum atomic E-state index is 1.30. The zero-order valence-corrected chi connectivity index (χ0v) is 14.3. The molecule has 0 amide bonds. The molecule has 0 atom stereocenters. The van der Waals surface area contributed by atoms with Crippen LogP contribution in [-0.2, 0) is 0 Å². The Morgan fingerprint density at radius 1 is 0.440 bits per heavy atom. The van der Waals surface area contributed by atoms with Crippen molar-refractivity contribution in [1.29, 1.82) is 0 Å². The van der Waals surface area contributed by atoms with Gasteiger partial charge in [-0.15, -0.1) is 11.3 Å². The van der Waals surface area contributed by atoms with Gasteiger partial charge < -0.3 is 0 Å². The predicted molar refractivity (Wildman–Crippen MR) is 112 cm³/mol. The van der Waals surface area contributed by atoms with Gasteiger partial charge in [0, 0.05) is 10.1 Å². The summed E-state index contributed by atoms with van der Waals surface area (Å²) in [5.74, 6) is 0. The summed E-state index contributed by atoms with van der Waals surface area (Å²) >= 11 is 1.82. The Labute approximate surface area is 148 Å². The molecule has 1 heteroatoms. The van der Waals surface area contributed by atoms with Crippen LogP contribution in [0.25, 0.3) is 53.2 Å². The summed E-state index contributed by atoms with van der Waals surface area (Å²) in [6.45, 7) is 0. The standard InChI is InChI=1S/C24H14S/c1-2-4-17-15(3-1)5-8-19-18(17)10-11-21-20(19)9-6-16-7-12-23-22(24(16)21)13-14-25-23/h1-14H. The Kier molecular flexibility index (Phi) is 2.58. The minimum absolute atomic E-state index is 1.30. The molecule has 1 aromatic heterocycles. The Bertz CT molecular complexity index is 1440. The van der Waals surface area contributed by atoms with E-state index < -0.39 is 0 Å². The Hall–Kier alpha value is -2.90. The minimum Gasteiger partial charge on any atom is -0.144 e. The van der Waals surface area contributed by atoms with Crippen LogP contribution in [0.3, 0.4) is 0 Å². The molecular formula is C24H14S. The highest BCUT2D eigenvalue weighted by Crippen LogP contribution is 2.38. The Morgan fingerprint density at radius 3 is 2.08 bits per heavy atom. The molecule has 0 aliphatic heterocycles. The van der Waals surface area contributed by atoms with Crippen LogP contribution in [0.2, 0.25) is 0 Å². The quantitative estimate of drug-likeness (QED) is 0.252. The highest BCUT2D eigenvalue weighted by Gasteiger charge is 2.09. The summed E-state index contributed by atoms with van der Waals surface area (Å²) in [6.07, 6.45) is 0. The van der Waals surface area contributed by atoms with Gasteiger partial charge in [-0.1, -0.05) is 66.7 Å². The third-order valence-corrected chi connectivity index (χ3v) is 6.22. The van der Waals surface area contributed by atoms with E-state index >= 15 is 0 Å². The van der Waals surface area contributed by atoms with Crippen LogP contribution in [0.4, 0.5) is 0 Å². The first-order valence-electron chi connectivity index (χ1n) is 8.53. The van der Waals surface area contributed by atoms with Crippen molar-refractivity contribution in [3.8, 4) is 0 Å². The number of benzene rings is 5. The zero-order valence-electron chi connectivity index (χ0n) is 13.5. The summed E-state index contributed by atoms with van der Waals surface area (Å²) in [4.78, 5) is 0. The van der Waals surface area contributed by atoms with Crippen molar-refractivity contribution in [2.45, 2.75) is 0 Å². The summed E-state index contributed by atoms with van der Waals surface area (Å²) in [5.41, 5.74) is 0. The molecule has 1 heterocycles. The van der Waals surface area contributed by atoms with Gasteiger partial charge in [0.2, 0.25) is 0 Å². The average Bonchev–Trinajstić information content (AvgIpc) is 3.15. The molecule has 0 N–H and O–H groups in total. The van der Waals surface area contributed by atoms with E-state index in [1.807, 2.05) is 11.3 Å². The van der Waals surface area contributed by atoms with E-state index in [9.17, 15) is 0 Å². The van der Waals surface area contributed by atoms with Gasteiger partial charge in [-0.25, -0.2) is 0 Å². The van der Waals surface area contributed by atoms with Gasteiger partial charge in [0.1, 0.15) is 0 Å². The second-order valence-electron chi connectivity index (χ2n) is 6.60. The fraction of sp³-hybridized carbons (Fsp3) is 0. The van der Waals surface area contributed by atoms with Gasteiger partial charge in [-0.2, -0.15) is 0 Å². The molecule has 0 unspecified atom stereocenters. The predicted octanol–water partition coefficient (Wildman–Crippen LogP) is 7.51. The molecule has 0 nitrogen and oxygen atoms in total. The van der Waals surface area contributed by atoms with Crippen LogP contribution >= 0.6 is 11.3 Å². The van der Waals surface area contributed by atoms with Crippen molar-refractivity contribution >= 4 is 64.5 Å². The lowest BCUT2D eigenvalue weighted by molar-refractivity contribution is 1.79. The van der Waals surface area contributed by atoms with Crippen molar-refractivity contribution in [1.82, 2.24) is 0 Å². The van der Waals surface area contributed by atoms with Gasteiger partial charge in [0.15, 0.2) is 0 Å². The molecule has 5 aromatic carbocycles. The lowest BCUT2D eigenvalue weighted by Crippen LogP contribution is -1.83. The highest BCUT2D eigenvalue weighted by atomic mass is 32.1. The number of rotatable bonds is 0. The Balaban J connectivity index is 1.89. The maximum atomic E-state index is 2.31. The maximum absolute atomic E-state index is 2.31. The van der Waals surface area contributed by atoms with Crippen LogP contribution < -0.4 is 0 Å². The first-order valence-corrected chi connectivity index (χ1v) is 9.41. The molecule has 0 saturated carbocycles.